The van der Waals surface area contributed by atoms with Crippen molar-refractivity contribution in [2.45, 2.75) is 69.4 Å². The van der Waals surface area contributed by atoms with Gasteiger partial charge in [0, 0.05) is 41.6 Å². The van der Waals surface area contributed by atoms with Crippen LogP contribution in [0.1, 0.15) is 66.6 Å². The number of carbonyl (C=O) groups excluding carboxylic acids is 1. The van der Waals surface area contributed by atoms with Crippen molar-refractivity contribution in [1.29, 1.82) is 0 Å². The topological polar surface area (TPSA) is 53.4 Å². The number of aliphatic hydroxyl groups is 1. The van der Waals surface area contributed by atoms with Crippen LogP contribution in [0.15, 0.2) is 48.7 Å². The molecule has 1 heterocycles. The molecule has 4 rings (SSSR count). The van der Waals surface area contributed by atoms with E-state index < -0.39 is 0 Å². The van der Waals surface area contributed by atoms with Gasteiger partial charge in [0.05, 0.1) is 0 Å². The molecule has 0 spiro atoms. The molecule has 0 atom stereocenters. The summed E-state index contributed by atoms with van der Waals surface area (Å²) >= 11 is 0. The van der Waals surface area contributed by atoms with Gasteiger partial charge in [-0.15, -0.1) is 0 Å². The molecule has 0 unspecified atom stereocenters. The fourth-order valence-electron chi connectivity index (χ4n) is 4.79. The van der Waals surface area contributed by atoms with Crippen molar-refractivity contribution in [1.82, 2.24) is 9.88 Å². The third-order valence-corrected chi connectivity index (χ3v) is 6.58. The van der Waals surface area contributed by atoms with Crippen molar-refractivity contribution < 1.29 is 9.90 Å². The Bertz CT molecular complexity index is 791. The second kappa shape index (κ2) is 8.04. The van der Waals surface area contributed by atoms with Crippen LogP contribution in [0.25, 0.3) is 0 Å². The van der Waals surface area contributed by atoms with Crippen molar-refractivity contribution in [2.75, 3.05) is 6.61 Å². The third-order valence-electron chi connectivity index (χ3n) is 6.58. The van der Waals surface area contributed by atoms with Crippen LogP contribution < -0.4 is 0 Å². The number of amides is 1. The largest absolute Gasteiger partial charge is 0.396 e. The van der Waals surface area contributed by atoms with Gasteiger partial charge in [-0.25, -0.2) is 0 Å². The predicted octanol–water partition coefficient (Wildman–Crippen LogP) is 4.26. The first-order chi connectivity index (χ1) is 13.6. The quantitative estimate of drug-likeness (QED) is 0.817. The molecule has 1 aromatic carbocycles. The molecule has 2 saturated carbocycles. The average Bonchev–Trinajstić information content (AvgIpc) is 3.56. The summed E-state index contributed by atoms with van der Waals surface area (Å²) in [7, 11) is 0. The van der Waals surface area contributed by atoms with E-state index in [9.17, 15) is 9.90 Å². The fourth-order valence-corrected chi connectivity index (χ4v) is 4.79. The van der Waals surface area contributed by atoms with Gasteiger partial charge >= 0.3 is 0 Å². The molecule has 0 saturated heterocycles. The van der Waals surface area contributed by atoms with Gasteiger partial charge in [0.2, 0.25) is 0 Å². The standard InChI is InChI=1S/C24H30N2O2/c1-18-5-7-19(8-6-18)23(28)26(20-9-10-20)21-11-13-24(14-12-21,15-17-27)22-4-2-3-16-25-22/h2-8,16,20-21,27H,9-15,17H2,1H3/t21-,24-. The minimum Gasteiger partial charge on any atom is -0.396 e. The van der Waals surface area contributed by atoms with Crippen LogP contribution in [0.5, 0.6) is 0 Å². The van der Waals surface area contributed by atoms with Gasteiger partial charge in [0.15, 0.2) is 0 Å². The molecular weight excluding hydrogens is 348 g/mol. The van der Waals surface area contributed by atoms with Crippen LogP contribution in [0.4, 0.5) is 0 Å². The average molecular weight is 379 g/mol. The molecule has 4 nitrogen and oxygen atoms in total. The number of benzene rings is 1. The maximum absolute atomic E-state index is 13.3. The summed E-state index contributed by atoms with van der Waals surface area (Å²) in [4.78, 5) is 20.0. The smallest absolute Gasteiger partial charge is 0.254 e. The lowest BCUT2D eigenvalue weighted by Gasteiger charge is -2.43. The van der Waals surface area contributed by atoms with Crippen molar-refractivity contribution in [2.24, 2.45) is 0 Å². The number of nitrogens with zero attached hydrogens (tertiary/aromatic N) is 2. The molecule has 0 aliphatic heterocycles. The van der Waals surface area contributed by atoms with E-state index in [4.69, 9.17) is 0 Å². The zero-order valence-electron chi connectivity index (χ0n) is 16.7. The molecule has 2 aromatic rings. The molecular formula is C24H30N2O2. The Morgan fingerprint density at radius 3 is 2.32 bits per heavy atom. The highest BCUT2D eigenvalue weighted by Crippen LogP contribution is 2.44. The Labute approximate surface area is 167 Å². The molecule has 2 aliphatic carbocycles. The van der Waals surface area contributed by atoms with Gasteiger partial charge in [0.25, 0.3) is 5.91 Å². The first-order valence-corrected chi connectivity index (χ1v) is 10.5. The molecule has 2 fully saturated rings. The van der Waals surface area contributed by atoms with E-state index in [0.29, 0.717) is 6.04 Å². The second-order valence-corrected chi connectivity index (χ2v) is 8.51. The molecule has 1 N–H and O–H groups in total. The Morgan fingerprint density at radius 2 is 1.75 bits per heavy atom. The fraction of sp³-hybridized carbons (Fsp3) is 0.500. The van der Waals surface area contributed by atoms with Crippen LogP contribution in [0.2, 0.25) is 0 Å². The van der Waals surface area contributed by atoms with E-state index in [2.05, 4.69) is 16.0 Å². The predicted molar refractivity (Wildman–Crippen MR) is 110 cm³/mol. The van der Waals surface area contributed by atoms with Crippen molar-refractivity contribution >= 4 is 5.91 Å². The highest BCUT2D eigenvalue weighted by Gasteiger charge is 2.43. The van der Waals surface area contributed by atoms with Crippen LogP contribution in [-0.4, -0.2) is 39.6 Å². The molecule has 2 aliphatic rings. The summed E-state index contributed by atoms with van der Waals surface area (Å²) in [6.07, 6.45) is 8.73. The van der Waals surface area contributed by atoms with Crippen LogP contribution in [0, 0.1) is 6.92 Å². The number of hydrogen-bond donors (Lipinski definition) is 1. The van der Waals surface area contributed by atoms with Crippen LogP contribution in [-0.2, 0) is 5.41 Å². The maximum Gasteiger partial charge on any atom is 0.254 e. The summed E-state index contributed by atoms with van der Waals surface area (Å²) < 4.78 is 0. The van der Waals surface area contributed by atoms with Crippen molar-refractivity contribution in [3.8, 4) is 0 Å². The summed E-state index contributed by atoms with van der Waals surface area (Å²) in [5.74, 6) is 0.181. The Hall–Kier alpha value is -2.20. The third kappa shape index (κ3) is 3.83. The zero-order valence-corrected chi connectivity index (χ0v) is 16.7. The van der Waals surface area contributed by atoms with E-state index in [0.717, 1.165) is 56.2 Å². The number of aromatic nitrogens is 1. The Morgan fingerprint density at radius 1 is 1.07 bits per heavy atom. The van der Waals surface area contributed by atoms with E-state index in [1.165, 1.54) is 5.56 Å². The van der Waals surface area contributed by atoms with Gasteiger partial charge in [-0.2, -0.15) is 0 Å². The van der Waals surface area contributed by atoms with E-state index in [-0.39, 0.29) is 24.0 Å². The number of rotatable bonds is 6. The van der Waals surface area contributed by atoms with Gasteiger partial charge in [-0.05, 0) is 76.1 Å². The van der Waals surface area contributed by atoms with Gasteiger partial charge < -0.3 is 10.0 Å². The SMILES string of the molecule is Cc1ccc(C(=O)N(C2CC2)[C@H]2CC[C@](CCO)(c3ccccn3)CC2)cc1. The first kappa shape index (κ1) is 19.1. The lowest BCUT2D eigenvalue weighted by atomic mass is 9.68. The van der Waals surface area contributed by atoms with E-state index in [1.807, 2.05) is 49.5 Å². The van der Waals surface area contributed by atoms with E-state index in [1.54, 1.807) is 0 Å². The number of pyridine rings is 1. The minimum atomic E-state index is -0.0609. The summed E-state index contributed by atoms with van der Waals surface area (Å²) in [6.45, 7) is 2.22. The summed E-state index contributed by atoms with van der Waals surface area (Å²) in [5, 5.41) is 9.69. The molecule has 4 heteroatoms. The molecule has 0 radical (unpaired) electrons. The monoisotopic (exact) mass is 378 g/mol. The van der Waals surface area contributed by atoms with Crippen molar-refractivity contribution in [3.05, 3.63) is 65.5 Å². The van der Waals surface area contributed by atoms with Gasteiger partial charge in [-0.1, -0.05) is 23.8 Å². The Balaban J connectivity index is 1.52. The molecule has 148 valence electrons. The summed E-state index contributed by atoms with van der Waals surface area (Å²) in [6, 6.07) is 14.7. The lowest BCUT2D eigenvalue weighted by Crippen LogP contribution is -2.47. The van der Waals surface area contributed by atoms with Crippen molar-refractivity contribution in [3.63, 3.8) is 0 Å². The Kier molecular flexibility index (Phi) is 5.49. The first-order valence-electron chi connectivity index (χ1n) is 10.5. The number of carbonyl (C=O) groups is 1. The number of hydrogen-bond acceptors (Lipinski definition) is 3. The van der Waals surface area contributed by atoms with Gasteiger partial charge in [-0.3, -0.25) is 9.78 Å². The van der Waals surface area contributed by atoms with Crippen LogP contribution >= 0.6 is 0 Å². The van der Waals surface area contributed by atoms with Crippen LogP contribution in [0.3, 0.4) is 0 Å². The minimum absolute atomic E-state index is 0.0609. The summed E-state index contributed by atoms with van der Waals surface area (Å²) in [5.41, 5.74) is 3.00. The number of aryl methyl sites for hydroxylation is 1. The van der Waals surface area contributed by atoms with Gasteiger partial charge in [0.1, 0.15) is 0 Å². The molecule has 28 heavy (non-hydrogen) atoms. The normalized spacial score (nSPS) is 24.7. The second-order valence-electron chi connectivity index (χ2n) is 8.51. The highest BCUT2D eigenvalue weighted by molar-refractivity contribution is 5.95. The molecule has 0 bridgehead atoms. The molecule has 1 amide bonds. The highest BCUT2D eigenvalue weighted by atomic mass is 16.3. The lowest BCUT2D eigenvalue weighted by molar-refractivity contribution is 0.0548. The number of aliphatic hydroxyl groups excluding tert-OH is 1. The maximum atomic E-state index is 13.3. The molecule has 1 aromatic heterocycles. The van der Waals surface area contributed by atoms with E-state index >= 15 is 0 Å². The zero-order chi connectivity index (χ0) is 19.6.